The first kappa shape index (κ1) is 17.2. The van der Waals surface area contributed by atoms with E-state index in [0.29, 0.717) is 0 Å². The summed E-state index contributed by atoms with van der Waals surface area (Å²) in [6.07, 6.45) is 0.750. The smallest absolute Gasteiger partial charge is 0.187 e. The third-order valence-corrected chi connectivity index (χ3v) is 0. The van der Waals surface area contributed by atoms with Crippen molar-refractivity contribution in [1.82, 2.24) is 0 Å². The van der Waals surface area contributed by atoms with Crippen LogP contribution >= 0.6 is 0 Å². The van der Waals surface area contributed by atoms with Gasteiger partial charge in [-0.25, -0.2) is 0 Å². The molecule has 0 saturated heterocycles. The molecule has 1 nitrogen and oxygen atoms in total. The SMILES string of the molecule is CC=O.[AlH3].[Cu]. The van der Waals surface area contributed by atoms with Crippen molar-refractivity contribution in [2.24, 2.45) is 0 Å². The maximum Gasteiger partial charge on any atom is 0.187 e. The Balaban J connectivity index is -0.0000000200. The van der Waals surface area contributed by atoms with E-state index in [-0.39, 0.29) is 34.4 Å². The average Bonchev–Trinajstić information content (AvgIpc) is 0.918. The van der Waals surface area contributed by atoms with E-state index in [9.17, 15) is 0 Å². The van der Waals surface area contributed by atoms with Gasteiger partial charge in [0.2, 0.25) is 0 Å². The molecule has 1 radical (unpaired) electrons. The van der Waals surface area contributed by atoms with Crippen LogP contribution in [0.1, 0.15) is 6.92 Å². The Morgan fingerprint density at radius 3 is 1.60 bits per heavy atom. The first-order valence-electron chi connectivity index (χ1n) is 0.813. The zero-order chi connectivity index (χ0) is 2.71. The van der Waals surface area contributed by atoms with E-state index >= 15 is 0 Å². The predicted molar refractivity (Wildman–Crippen MR) is 21.7 cm³/mol. The minimum Gasteiger partial charge on any atom is -0.304 e. The Labute approximate surface area is 52.7 Å². The molecule has 5 heavy (non-hydrogen) atoms. The fourth-order valence-electron chi connectivity index (χ4n) is 0. The summed E-state index contributed by atoms with van der Waals surface area (Å²) in [7, 11) is 0. The largest absolute Gasteiger partial charge is 0.304 e. The minimum absolute atomic E-state index is 0. The summed E-state index contributed by atoms with van der Waals surface area (Å²) in [6, 6.07) is 0. The monoisotopic (exact) mass is 137 g/mol. The molecule has 0 fully saturated rings. The molecule has 0 aromatic rings. The second kappa shape index (κ2) is 22.1. The van der Waals surface area contributed by atoms with Gasteiger partial charge in [0.1, 0.15) is 6.29 Å². The zero-order valence-corrected chi connectivity index (χ0v) is 3.23. The molecule has 35 valence electrons. The van der Waals surface area contributed by atoms with Gasteiger partial charge in [-0.1, -0.05) is 0 Å². The van der Waals surface area contributed by atoms with E-state index in [0.717, 1.165) is 6.29 Å². The molecule has 0 aromatic carbocycles. The van der Waals surface area contributed by atoms with Gasteiger partial charge in [-0.3, -0.25) is 0 Å². The second-order valence-electron chi connectivity index (χ2n) is 0.236. The van der Waals surface area contributed by atoms with Crippen LogP contribution in [-0.4, -0.2) is 23.6 Å². The van der Waals surface area contributed by atoms with Gasteiger partial charge in [0.25, 0.3) is 0 Å². The van der Waals surface area contributed by atoms with Crippen molar-refractivity contribution in [1.29, 1.82) is 0 Å². The van der Waals surface area contributed by atoms with Crippen LogP contribution in [0.4, 0.5) is 0 Å². The van der Waals surface area contributed by atoms with Crippen LogP contribution in [0.15, 0.2) is 0 Å². The Kier molecular flexibility index (Phi) is 76.0. The van der Waals surface area contributed by atoms with E-state index in [4.69, 9.17) is 4.79 Å². The van der Waals surface area contributed by atoms with Crippen LogP contribution in [0.5, 0.6) is 0 Å². The van der Waals surface area contributed by atoms with Gasteiger partial charge in [-0.15, -0.1) is 0 Å². The van der Waals surface area contributed by atoms with Crippen molar-refractivity contribution in [3.63, 3.8) is 0 Å². The van der Waals surface area contributed by atoms with Gasteiger partial charge in [0, 0.05) is 17.1 Å². The summed E-state index contributed by atoms with van der Waals surface area (Å²) >= 11 is 0. The van der Waals surface area contributed by atoms with E-state index in [1.807, 2.05) is 0 Å². The molecule has 0 aromatic heterocycles. The fourth-order valence-corrected chi connectivity index (χ4v) is 0. The number of hydrogen-bond acceptors (Lipinski definition) is 1. The third kappa shape index (κ3) is 67.1. The van der Waals surface area contributed by atoms with Gasteiger partial charge >= 0.3 is 0 Å². The molecule has 0 rings (SSSR count). The molecule has 0 N–H and O–H groups in total. The summed E-state index contributed by atoms with van der Waals surface area (Å²) in [5, 5.41) is 0. The van der Waals surface area contributed by atoms with Crippen LogP contribution in [0, 0.1) is 0 Å². The number of rotatable bonds is 0. The van der Waals surface area contributed by atoms with Crippen molar-refractivity contribution in [2.75, 3.05) is 0 Å². The molecule has 0 unspecified atom stereocenters. The zero-order valence-electron chi connectivity index (χ0n) is 2.29. The quantitative estimate of drug-likeness (QED) is 0.310. The van der Waals surface area contributed by atoms with Crippen LogP contribution in [0.2, 0.25) is 0 Å². The van der Waals surface area contributed by atoms with Gasteiger partial charge in [0.15, 0.2) is 17.4 Å². The number of carbonyl (C=O) groups is 1. The Morgan fingerprint density at radius 1 is 1.60 bits per heavy atom. The van der Waals surface area contributed by atoms with E-state index in [1.165, 1.54) is 6.92 Å². The van der Waals surface area contributed by atoms with Gasteiger partial charge in [-0.2, -0.15) is 0 Å². The molecule has 0 heterocycles. The maximum atomic E-state index is 8.81. The summed E-state index contributed by atoms with van der Waals surface area (Å²) in [6.45, 7) is 1.44. The molecule has 3 heteroatoms. The van der Waals surface area contributed by atoms with Crippen LogP contribution in [-0.2, 0) is 21.9 Å². The van der Waals surface area contributed by atoms with Crippen molar-refractivity contribution in [3.8, 4) is 0 Å². The molecule has 0 spiro atoms. The van der Waals surface area contributed by atoms with E-state index in [2.05, 4.69) is 0 Å². The number of hydrogen-bond donors (Lipinski definition) is 0. The van der Waals surface area contributed by atoms with Crippen molar-refractivity contribution in [2.45, 2.75) is 6.92 Å². The molecule has 0 aliphatic carbocycles. The summed E-state index contributed by atoms with van der Waals surface area (Å²) in [4.78, 5) is 8.81. The first-order chi connectivity index (χ1) is 1.41. The van der Waals surface area contributed by atoms with Gasteiger partial charge < -0.3 is 4.79 Å². The molecule has 0 bridgehead atoms. The molecule has 0 saturated carbocycles. The normalized spacial score (nSPS) is 2.60. The van der Waals surface area contributed by atoms with Crippen LogP contribution in [0.3, 0.4) is 0 Å². The molecular weight excluding hydrogens is 131 g/mol. The van der Waals surface area contributed by atoms with Crippen molar-refractivity contribution >= 4 is 23.6 Å². The first-order valence-corrected chi connectivity index (χ1v) is 0.813. The minimum atomic E-state index is 0. The summed E-state index contributed by atoms with van der Waals surface area (Å²) < 4.78 is 0. The second-order valence-corrected chi connectivity index (χ2v) is 0.236. The molecule has 0 atom stereocenters. The van der Waals surface area contributed by atoms with Crippen molar-refractivity contribution < 1.29 is 21.9 Å². The van der Waals surface area contributed by atoms with E-state index in [1.54, 1.807) is 0 Å². The Bertz CT molecular complexity index is 17.1. The summed E-state index contributed by atoms with van der Waals surface area (Å²) in [5.74, 6) is 0. The maximum absolute atomic E-state index is 8.81. The van der Waals surface area contributed by atoms with Gasteiger partial charge in [0.05, 0.1) is 0 Å². The third-order valence-electron chi connectivity index (χ3n) is 0. The van der Waals surface area contributed by atoms with Gasteiger partial charge in [-0.05, 0) is 6.92 Å². The van der Waals surface area contributed by atoms with Crippen LogP contribution in [0.25, 0.3) is 0 Å². The molecule has 0 aliphatic heterocycles. The Hall–Kier alpha value is 0.722. The molecule has 0 amide bonds. The average molecular weight is 138 g/mol. The number of carbonyl (C=O) groups excluding carboxylic acids is 1. The molecule has 0 aliphatic rings. The van der Waals surface area contributed by atoms with Crippen LogP contribution < -0.4 is 0 Å². The van der Waals surface area contributed by atoms with E-state index < -0.39 is 0 Å². The molecular formula is C2H7AlCuO. The number of aldehydes is 1. The predicted octanol–water partition coefficient (Wildman–Crippen LogP) is -0.981. The summed E-state index contributed by atoms with van der Waals surface area (Å²) in [5.41, 5.74) is 0. The Morgan fingerprint density at radius 2 is 1.60 bits per heavy atom. The van der Waals surface area contributed by atoms with Crippen molar-refractivity contribution in [3.05, 3.63) is 0 Å². The standard InChI is InChI=1S/C2H4O.Al.Cu.3H/c1-2-3;;;;;/h2H,1H3;;;;;. The fraction of sp³-hybridized carbons (Fsp3) is 0.500. The topological polar surface area (TPSA) is 17.1 Å².